The lowest BCUT2D eigenvalue weighted by molar-refractivity contribution is 0.0732. The number of guanidine groups is 1. The van der Waals surface area contributed by atoms with Crippen LogP contribution in [0.3, 0.4) is 0 Å². The summed E-state index contributed by atoms with van der Waals surface area (Å²) in [5, 5.41) is 10.6. The van der Waals surface area contributed by atoms with Crippen molar-refractivity contribution < 1.29 is 9.26 Å². The van der Waals surface area contributed by atoms with E-state index in [2.05, 4.69) is 25.8 Å². The lowest BCUT2D eigenvalue weighted by atomic mass is 9.67. The summed E-state index contributed by atoms with van der Waals surface area (Å²) >= 11 is 0. The number of hydrogen-bond acceptors (Lipinski definition) is 5. The molecule has 0 bridgehead atoms. The van der Waals surface area contributed by atoms with E-state index in [9.17, 15) is 0 Å². The molecule has 7 nitrogen and oxygen atoms in total. The summed E-state index contributed by atoms with van der Waals surface area (Å²) in [6.45, 7) is 4.44. The van der Waals surface area contributed by atoms with Crippen molar-refractivity contribution in [2.45, 2.75) is 45.4 Å². The third-order valence-electron chi connectivity index (χ3n) is 4.53. The first-order valence-corrected chi connectivity index (χ1v) is 8.40. The van der Waals surface area contributed by atoms with Gasteiger partial charge in [0.1, 0.15) is 0 Å². The van der Waals surface area contributed by atoms with Crippen LogP contribution in [0.2, 0.25) is 0 Å². The van der Waals surface area contributed by atoms with Crippen LogP contribution in [0.25, 0.3) is 0 Å². The molecule has 7 heteroatoms. The molecule has 1 aromatic rings. The van der Waals surface area contributed by atoms with E-state index in [1.165, 1.54) is 19.3 Å². The van der Waals surface area contributed by atoms with Crippen molar-refractivity contribution in [2.24, 2.45) is 10.4 Å². The highest BCUT2D eigenvalue weighted by atomic mass is 16.5. The second kappa shape index (κ2) is 8.86. The number of nitrogens with one attached hydrogen (secondary N) is 2. The molecule has 23 heavy (non-hydrogen) atoms. The number of methoxy groups -OCH3 is 1. The van der Waals surface area contributed by atoms with Gasteiger partial charge in [0, 0.05) is 40.3 Å². The van der Waals surface area contributed by atoms with Gasteiger partial charge in [0.25, 0.3) is 0 Å². The molecule has 0 aromatic carbocycles. The average Bonchev–Trinajstić information content (AvgIpc) is 2.93. The third-order valence-corrected chi connectivity index (χ3v) is 4.53. The Labute approximate surface area is 138 Å². The van der Waals surface area contributed by atoms with E-state index in [1.807, 2.05) is 6.92 Å². The van der Waals surface area contributed by atoms with E-state index < -0.39 is 0 Å². The number of aromatic nitrogens is 2. The number of hydrogen-bond donors (Lipinski definition) is 2. The largest absolute Gasteiger partial charge is 0.385 e. The van der Waals surface area contributed by atoms with Crippen LogP contribution in [0.15, 0.2) is 9.52 Å². The maximum atomic E-state index is 5.24. The fourth-order valence-electron chi connectivity index (χ4n) is 2.89. The predicted molar refractivity (Wildman–Crippen MR) is 89.5 cm³/mol. The molecule has 0 saturated heterocycles. The van der Waals surface area contributed by atoms with Gasteiger partial charge in [-0.05, 0) is 38.0 Å². The van der Waals surface area contributed by atoms with Crippen LogP contribution < -0.4 is 10.6 Å². The minimum Gasteiger partial charge on any atom is -0.385 e. The van der Waals surface area contributed by atoms with E-state index in [-0.39, 0.29) is 0 Å². The van der Waals surface area contributed by atoms with Gasteiger partial charge in [-0.3, -0.25) is 4.99 Å². The van der Waals surface area contributed by atoms with Crippen molar-refractivity contribution in [3.8, 4) is 0 Å². The second-order valence-electron chi connectivity index (χ2n) is 6.29. The third kappa shape index (κ3) is 5.49. The van der Waals surface area contributed by atoms with Crippen LogP contribution in [0.4, 0.5) is 0 Å². The number of aliphatic imine (C=N–C) groups is 1. The SMILES string of the molecule is CN=C(NCCCc1nc(C)no1)NCC1(CCOC)CCC1. The fraction of sp³-hybridized carbons (Fsp3) is 0.812. The first-order valence-electron chi connectivity index (χ1n) is 8.40. The average molecular weight is 323 g/mol. The Morgan fingerprint density at radius 1 is 1.39 bits per heavy atom. The van der Waals surface area contributed by atoms with Gasteiger partial charge in [-0.15, -0.1) is 0 Å². The Kier molecular flexibility index (Phi) is 6.83. The Hall–Kier alpha value is -1.63. The van der Waals surface area contributed by atoms with Crippen molar-refractivity contribution in [3.05, 3.63) is 11.7 Å². The minimum absolute atomic E-state index is 0.384. The molecule has 1 heterocycles. The highest BCUT2D eigenvalue weighted by molar-refractivity contribution is 5.79. The van der Waals surface area contributed by atoms with E-state index in [4.69, 9.17) is 9.26 Å². The molecule has 1 aromatic heterocycles. The quantitative estimate of drug-likeness (QED) is 0.409. The van der Waals surface area contributed by atoms with Gasteiger partial charge in [0.2, 0.25) is 5.89 Å². The van der Waals surface area contributed by atoms with Gasteiger partial charge >= 0.3 is 0 Å². The summed E-state index contributed by atoms with van der Waals surface area (Å²) in [4.78, 5) is 8.49. The Bertz CT molecular complexity index is 496. The Morgan fingerprint density at radius 3 is 2.78 bits per heavy atom. The minimum atomic E-state index is 0.384. The van der Waals surface area contributed by atoms with Gasteiger partial charge in [0.05, 0.1) is 0 Å². The molecule has 0 amide bonds. The Morgan fingerprint density at radius 2 is 2.22 bits per heavy atom. The van der Waals surface area contributed by atoms with Crippen LogP contribution in [0.1, 0.15) is 43.8 Å². The molecule has 1 aliphatic carbocycles. The molecule has 1 aliphatic rings. The van der Waals surface area contributed by atoms with E-state index in [0.29, 0.717) is 17.1 Å². The number of nitrogens with zero attached hydrogens (tertiary/aromatic N) is 3. The predicted octanol–water partition coefficient (Wildman–Crippen LogP) is 1.68. The van der Waals surface area contributed by atoms with E-state index in [0.717, 1.165) is 44.9 Å². The topological polar surface area (TPSA) is 84.6 Å². The zero-order valence-corrected chi connectivity index (χ0v) is 14.5. The van der Waals surface area contributed by atoms with Gasteiger partial charge < -0.3 is 19.9 Å². The van der Waals surface area contributed by atoms with Crippen molar-refractivity contribution in [1.29, 1.82) is 0 Å². The number of rotatable bonds is 9. The molecule has 0 radical (unpaired) electrons. The van der Waals surface area contributed by atoms with Crippen LogP contribution in [0, 0.1) is 12.3 Å². The molecular formula is C16H29N5O2. The van der Waals surface area contributed by atoms with Crippen LogP contribution in [0.5, 0.6) is 0 Å². The summed E-state index contributed by atoms with van der Waals surface area (Å²) in [6.07, 6.45) is 6.69. The summed E-state index contributed by atoms with van der Waals surface area (Å²) < 4.78 is 10.3. The molecule has 0 unspecified atom stereocenters. The van der Waals surface area contributed by atoms with Crippen molar-refractivity contribution >= 4 is 5.96 Å². The molecule has 2 rings (SSSR count). The summed E-state index contributed by atoms with van der Waals surface area (Å²) in [7, 11) is 3.57. The zero-order chi connectivity index (χ0) is 16.5. The van der Waals surface area contributed by atoms with Gasteiger partial charge in [-0.2, -0.15) is 4.98 Å². The van der Waals surface area contributed by atoms with Crippen molar-refractivity contribution in [1.82, 2.24) is 20.8 Å². The molecule has 0 atom stereocenters. The lowest BCUT2D eigenvalue weighted by Gasteiger charge is -2.42. The molecule has 1 saturated carbocycles. The highest BCUT2D eigenvalue weighted by Gasteiger charge is 2.36. The molecule has 0 aliphatic heterocycles. The van der Waals surface area contributed by atoms with Gasteiger partial charge in [0.15, 0.2) is 11.8 Å². The first kappa shape index (κ1) is 17.7. The van der Waals surface area contributed by atoms with E-state index >= 15 is 0 Å². The zero-order valence-electron chi connectivity index (χ0n) is 14.5. The van der Waals surface area contributed by atoms with E-state index in [1.54, 1.807) is 14.2 Å². The summed E-state index contributed by atoms with van der Waals surface area (Å²) in [5.74, 6) is 2.24. The number of ether oxygens (including phenoxy) is 1. The fourth-order valence-corrected chi connectivity index (χ4v) is 2.89. The van der Waals surface area contributed by atoms with Gasteiger partial charge in [-0.25, -0.2) is 0 Å². The van der Waals surface area contributed by atoms with Crippen molar-refractivity contribution in [2.75, 3.05) is 33.9 Å². The van der Waals surface area contributed by atoms with Crippen LogP contribution in [-0.2, 0) is 11.2 Å². The highest BCUT2D eigenvalue weighted by Crippen LogP contribution is 2.43. The van der Waals surface area contributed by atoms with Crippen molar-refractivity contribution in [3.63, 3.8) is 0 Å². The lowest BCUT2D eigenvalue weighted by Crippen LogP contribution is -2.47. The molecule has 130 valence electrons. The molecule has 0 spiro atoms. The molecular weight excluding hydrogens is 294 g/mol. The normalized spacial score (nSPS) is 16.9. The summed E-state index contributed by atoms with van der Waals surface area (Å²) in [6, 6.07) is 0. The maximum absolute atomic E-state index is 5.24. The molecule has 2 N–H and O–H groups in total. The van der Waals surface area contributed by atoms with Crippen LogP contribution >= 0.6 is 0 Å². The van der Waals surface area contributed by atoms with Crippen LogP contribution in [-0.4, -0.2) is 50.0 Å². The number of aryl methyl sites for hydroxylation is 2. The standard InChI is InChI=1S/C16H29N5O2/c1-13-20-14(23-21-13)6-4-10-18-15(17-2)19-12-16(7-5-8-16)9-11-22-3/h4-12H2,1-3H3,(H2,17,18,19). The van der Waals surface area contributed by atoms with Gasteiger partial charge in [-0.1, -0.05) is 11.6 Å². The maximum Gasteiger partial charge on any atom is 0.226 e. The second-order valence-corrected chi connectivity index (χ2v) is 6.29. The molecule has 1 fully saturated rings. The first-order chi connectivity index (χ1) is 11.2. The smallest absolute Gasteiger partial charge is 0.226 e. The Balaban J connectivity index is 1.65. The monoisotopic (exact) mass is 323 g/mol. The summed E-state index contributed by atoms with van der Waals surface area (Å²) in [5.41, 5.74) is 0.384.